The van der Waals surface area contributed by atoms with E-state index in [0.717, 1.165) is 12.5 Å². The topological polar surface area (TPSA) is 12.4 Å². The zero-order valence-electron chi connectivity index (χ0n) is 9.01. The first-order valence-electron chi connectivity index (χ1n) is 5.22. The second-order valence-corrected chi connectivity index (χ2v) is 3.72. The van der Waals surface area contributed by atoms with Crippen molar-refractivity contribution < 1.29 is 0 Å². The third-order valence-corrected chi connectivity index (χ3v) is 2.27. The van der Waals surface area contributed by atoms with Gasteiger partial charge in [-0.2, -0.15) is 0 Å². The van der Waals surface area contributed by atoms with Crippen molar-refractivity contribution in [2.75, 3.05) is 6.54 Å². The minimum atomic E-state index is 0.682. The molecular weight excluding hydrogens is 146 g/mol. The highest BCUT2D eigenvalue weighted by Crippen LogP contribution is 2.11. The van der Waals surface area contributed by atoms with Gasteiger partial charge < -0.3 is 0 Å². The van der Waals surface area contributed by atoms with Crippen molar-refractivity contribution in [1.82, 2.24) is 0 Å². The molecule has 0 amide bonds. The molecule has 0 bridgehead atoms. The van der Waals surface area contributed by atoms with Crippen LogP contribution >= 0.6 is 0 Å². The van der Waals surface area contributed by atoms with E-state index in [9.17, 15) is 0 Å². The van der Waals surface area contributed by atoms with Crippen molar-refractivity contribution in [3.63, 3.8) is 0 Å². The predicted octanol–water partition coefficient (Wildman–Crippen LogP) is 3.54. The Kier molecular flexibility index (Phi) is 7.12. The summed E-state index contributed by atoms with van der Waals surface area (Å²) in [6, 6.07) is 0. The van der Waals surface area contributed by atoms with Gasteiger partial charge in [0.05, 0.1) is 0 Å². The first-order valence-corrected chi connectivity index (χ1v) is 5.22. The summed E-state index contributed by atoms with van der Waals surface area (Å²) in [4.78, 5) is 4.43. The van der Waals surface area contributed by atoms with Crippen molar-refractivity contribution >= 4 is 6.21 Å². The second kappa shape index (κ2) is 7.33. The Morgan fingerprint density at radius 2 is 1.92 bits per heavy atom. The first kappa shape index (κ1) is 11.7. The van der Waals surface area contributed by atoms with Gasteiger partial charge in [0, 0.05) is 12.8 Å². The second-order valence-electron chi connectivity index (χ2n) is 3.72. The number of rotatable bonds is 6. The molecule has 1 nitrogen and oxygen atoms in total. The van der Waals surface area contributed by atoms with E-state index < -0.39 is 0 Å². The monoisotopic (exact) mass is 169 g/mol. The average Bonchev–Trinajstić information content (AvgIpc) is 2.04. The molecule has 0 saturated heterocycles. The largest absolute Gasteiger partial charge is 0.297 e. The van der Waals surface area contributed by atoms with Gasteiger partial charge in [0.1, 0.15) is 0 Å². The van der Waals surface area contributed by atoms with Crippen LogP contribution in [0.25, 0.3) is 0 Å². The Labute approximate surface area is 77.3 Å². The van der Waals surface area contributed by atoms with Crippen molar-refractivity contribution in [3.05, 3.63) is 0 Å². The van der Waals surface area contributed by atoms with Gasteiger partial charge in [0.2, 0.25) is 0 Å². The van der Waals surface area contributed by atoms with E-state index in [0.29, 0.717) is 5.92 Å². The van der Waals surface area contributed by atoms with Crippen LogP contribution in [0.5, 0.6) is 0 Å². The Morgan fingerprint density at radius 1 is 1.25 bits per heavy atom. The lowest BCUT2D eigenvalue weighted by atomic mass is 9.95. The minimum absolute atomic E-state index is 0.682. The molecular formula is C11H23N. The molecule has 1 atom stereocenters. The fraction of sp³-hybridized carbons (Fsp3) is 0.909. The minimum Gasteiger partial charge on any atom is -0.297 e. The van der Waals surface area contributed by atoms with Gasteiger partial charge in [-0.1, -0.05) is 34.1 Å². The summed E-state index contributed by atoms with van der Waals surface area (Å²) in [5, 5.41) is 0. The van der Waals surface area contributed by atoms with E-state index in [1.165, 1.54) is 19.3 Å². The normalized spacial score (nSPS) is 14.4. The molecule has 0 saturated carbocycles. The molecule has 0 aromatic heterocycles. The molecule has 0 aliphatic rings. The molecule has 0 fully saturated rings. The molecule has 1 heteroatoms. The number of unbranched alkanes of at least 4 members (excludes halogenated alkanes) is 1. The van der Waals surface area contributed by atoms with Gasteiger partial charge in [-0.3, -0.25) is 4.99 Å². The van der Waals surface area contributed by atoms with Gasteiger partial charge in [-0.05, 0) is 24.7 Å². The van der Waals surface area contributed by atoms with Crippen LogP contribution in [0, 0.1) is 11.8 Å². The van der Waals surface area contributed by atoms with Crippen LogP contribution in [-0.2, 0) is 0 Å². The van der Waals surface area contributed by atoms with Crippen LogP contribution < -0.4 is 0 Å². The molecule has 0 heterocycles. The fourth-order valence-electron chi connectivity index (χ4n) is 1.21. The predicted molar refractivity (Wildman–Crippen MR) is 56.9 cm³/mol. The van der Waals surface area contributed by atoms with Crippen LogP contribution in [0.15, 0.2) is 4.99 Å². The summed E-state index contributed by atoms with van der Waals surface area (Å²) in [7, 11) is 0. The van der Waals surface area contributed by atoms with E-state index in [1.807, 2.05) is 0 Å². The van der Waals surface area contributed by atoms with Gasteiger partial charge in [0.25, 0.3) is 0 Å². The maximum atomic E-state index is 4.43. The highest BCUT2D eigenvalue weighted by atomic mass is 14.7. The molecule has 0 rings (SSSR count). The zero-order valence-corrected chi connectivity index (χ0v) is 9.01. The maximum absolute atomic E-state index is 4.43. The van der Waals surface area contributed by atoms with E-state index >= 15 is 0 Å². The van der Waals surface area contributed by atoms with Crippen LogP contribution in [0.4, 0.5) is 0 Å². The average molecular weight is 169 g/mol. The van der Waals surface area contributed by atoms with E-state index in [1.54, 1.807) is 0 Å². The number of aliphatic imine (C=N–C) groups is 1. The zero-order chi connectivity index (χ0) is 9.40. The molecule has 1 unspecified atom stereocenters. The van der Waals surface area contributed by atoms with E-state index in [-0.39, 0.29) is 0 Å². The molecule has 12 heavy (non-hydrogen) atoms. The molecule has 0 N–H and O–H groups in total. The van der Waals surface area contributed by atoms with E-state index in [4.69, 9.17) is 0 Å². The Hall–Kier alpha value is -0.330. The fourth-order valence-corrected chi connectivity index (χ4v) is 1.21. The molecule has 72 valence electrons. The molecule has 0 spiro atoms. The summed E-state index contributed by atoms with van der Waals surface area (Å²) in [6.07, 6.45) is 5.84. The lowest BCUT2D eigenvalue weighted by Gasteiger charge is -2.12. The standard InChI is InChI=1S/C11H23N/c1-5-7-8-12-9-11(6-2)10(3)4/h9-11H,5-8H2,1-4H3/b12-9-. The number of nitrogens with zero attached hydrogens (tertiary/aromatic N) is 1. The Balaban J connectivity index is 3.61. The summed E-state index contributed by atoms with van der Waals surface area (Å²) in [5.41, 5.74) is 0. The molecule has 0 radical (unpaired) electrons. The molecule has 0 aliphatic heterocycles. The smallest absolute Gasteiger partial charge is 0.0385 e. The molecule has 0 aliphatic carbocycles. The summed E-state index contributed by atoms with van der Waals surface area (Å²) >= 11 is 0. The van der Waals surface area contributed by atoms with Gasteiger partial charge in [-0.15, -0.1) is 0 Å². The number of hydrogen-bond donors (Lipinski definition) is 0. The quantitative estimate of drug-likeness (QED) is 0.426. The Bertz CT molecular complexity index is 116. The summed E-state index contributed by atoms with van der Waals surface area (Å²) in [6.45, 7) is 9.98. The van der Waals surface area contributed by atoms with Crippen molar-refractivity contribution in [3.8, 4) is 0 Å². The molecule has 0 aromatic carbocycles. The highest BCUT2D eigenvalue weighted by Gasteiger charge is 2.06. The van der Waals surface area contributed by atoms with Gasteiger partial charge in [-0.25, -0.2) is 0 Å². The maximum Gasteiger partial charge on any atom is 0.0385 e. The lowest BCUT2D eigenvalue weighted by Crippen LogP contribution is -2.08. The van der Waals surface area contributed by atoms with E-state index in [2.05, 4.69) is 38.9 Å². The van der Waals surface area contributed by atoms with Crippen molar-refractivity contribution in [1.29, 1.82) is 0 Å². The van der Waals surface area contributed by atoms with Crippen molar-refractivity contribution in [2.45, 2.75) is 47.0 Å². The first-order chi connectivity index (χ1) is 5.72. The van der Waals surface area contributed by atoms with Crippen LogP contribution in [-0.4, -0.2) is 12.8 Å². The number of hydrogen-bond acceptors (Lipinski definition) is 1. The third-order valence-electron chi connectivity index (χ3n) is 2.27. The Morgan fingerprint density at radius 3 is 2.33 bits per heavy atom. The molecule has 0 aromatic rings. The van der Waals surface area contributed by atoms with Crippen LogP contribution in [0.3, 0.4) is 0 Å². The van der Waals surface area contributed by atoms with Crippen molar-refractivity contribution in [2.24, 2.45) is 16.8 Å². The van der Waals surface area contributed by atoms with Crippen LogP contribution in [0.1, 0.15) is 47.0 Å². The lowest BCUT2D eigenvalue weighted by molar-refractivity contribution is 0.487. The third kappa shape index (κ3) is 5.34. The summed E-state index contributed by atoms with van der Waals surface area (Å²) in [5.74, 6) is 1.42. The van der Waals surface area contributed by atoms with Gasteiger partial charge in [0.15, 0.2) is 0 Å². The highest BCUT2D eigenvalue weighted by molar-refractivity contribution is 5.60. The SMILES string of the molecule is CCCC/N=C\C(CC)C(C)C. The van der Waals surface area contributed by atoms with Crippen LogP contribution in [0.2, 0.25) is 0 Å². The summed E-state index contributed by atoms with van der Waals surface area (Å²) < 4.78 is 0. The van der Waals surface area contributed by atoms with Gasteiger partial charge >= 0.3 is 0 Å².